The van der Waals surface area contributed by atoms with Crippen molar-refractivity contribution in [3.63, 3.8) is 0 Å². The van der Waals surface area contributed by atoms with Crippen LogP contribution in [-0.2, 0) is 4.74 Å². The van der Waals surface area contributed by atoms with Crippen molar-refractivity contribution >= 4 is 0 Å². The average Bonchev–Trinajstić information content (AvgIpc) is 2.66. The van der Waals surface area contributed by atoms with Crippen molar-refractivity contribution in [2.45, 2.75) is 129 Å². The van der Waals surface area contributed by atoms with E-state index in [2.05, 4.69) is 13.8 Å². The van der Waals surface area contributed by atoms with Crippen LogP contribution in [0.15, 0.2) is 0 Å². The van der Waals surface area contributed by atoms with Crippen molar-refractivity contribution in [3.05, 3.63) is 0 Å². The minimum atomic E-state index is 0.588. The molecule has 0 aromatic heterocycles. The molecule has 0 amide bonds. The van der Waals surface area contributed by atoms with Gasteiger partial charge < -0.3 is 4.74 Å². The molecule has 2 saturated carbocycles. The van der Waals surface area contributed by atoms with E-state index in [-0.39, 0.29) is 0 Å². The molecule has 0 aromatic carbocycles. The minimum Gasteiger partial charge on any atom is -0.378 e. The monoisotopic (exact) mass is 350 g/mol. The largest absolute Gasteiger partial charge is 0.378 e. The van der Waals surface area contributed by atoms with Gasteiger partial charge in [0.1, 0.15) is 0 Å². The fourth-order valence-electron chi connectivity index (χ4n) is 5.35. The van der Waals surface area contributed by atoms with Gasteiger partial charge >= 0.3 is 0 Å². The van der Waals surface area contributed by atoms with E-state index < -0.39 is 0 Å². The van der Waals surface area contributed by atoms with Gasteiger partial charge in [-0.3, -0.25) is 0 Å². The quantitative estimate of drug-likeness (QED) is 0.325. The Labute approximate surface area is 158 Å². The molecule has 0 unspecified atom stereocenters. The van der Waals surface area contributed by atoms with Gasteiger partial charge in [0.2, 0.25) is 0 Å². The Bertz CT molecular complexity index is 297. The van der Waals surface area contributed by atoms with Gasteiger partial charge in [-0.05, 0) is 62.7 Å². The summed E-state index contributed by atoms with van der Waals surface area (Å²) in [7, 11) is 0. The van der Waals surface area contributed by atoms with Gasteiger partial charge in [0, 0.05) is 6.61 Å². The molecule has 25 heavy (non-hydrogen) atoms. The maximum absolute atomic E-state index is 5.97. The second-order valence-electron chi connectivity index (χ2n) is 9.10. The lowest BCUT2D eigenvalue weighted by Crippen LogP contribution is -2.28. The van der Waals surface area contributed by atoms with E-state index in [1.165, 1.54) is 109 Å². The molecule has 0 N–H and O–H groups in total. The van der Waals surface area contributed by atoms with E-state index in [1.807, 2.05) is 0 Å². The molecule has 0 aromatic rings. The summed E-state index contributed by atoms with van der Waals surface area (Å²) in [4.78, 5) is 0. The third kappa shape index (κ3) is 8.46. The molecule has 2 aliphatic carbocycles. The SMILES string of the molecule is CCCCCCCCC[C@H]1CC[C@H]([C@H]2CC[C@H](OCCC)CC2)CC1. The minimum absolute atomic E-state index is 0.588. The van der Waals surface area contributed by atoms with Crippen molar-refractivity contribution in [2.24, 2.45) is 17.8 Å². The molecule has 2 aliphatic rings. The highest BCUT2D eigenvalue weighted by molar-refractivity contribution is 4.82. The third-order valence-electron chi connectivity index (χ3n) is 7.05. The summed E-state index contributed by atoms with van der Waals surface area (Å²) >= 11 is 0. The topological polar surface area (TPSA) is 9.23 Å². The zero-order chi connectivity index (χ0) is 17.7. The van der Waals surface area contributed by atoms with Crippen LogP contribution >= 0.6 is 0 Å². The van der Waals surface area contributed by atoms with Gasteiger partial charge in [0.15, 0.2) is 0 Å². The van der Waals surface area contributed by atoms with Crippen molar-refractivity contribution in [1.82, 2.24) is 0 Å². The highest BCUT2D eigenvalue weighted by atomic mass is 16.5. The van der Waals surface area contributed by atoms with E-state index in [4.69, 9.17) is 4.74 Å². The Morgan fingerprint density at radius 1 is 0.600 bits per heavy atom. The van der Waals surface area contributed by atoms with Crippen molar-refractivity contribution in [2.75, 3.05) is 6.61 Å². The van der Waals surface area contributed by atoms with Crippen LogP contribution in [0.25, 0.3) is 0 Å². The van der Waals surface area contributed by atoms with Crippen LogP contribution < -0.4 is 0 Å². The summed E-state index contributed by atoms with van der Waals surface area (Å²) in [6.45, 7) is 5.50. The molecule has 0 radical (unpaired) electrons. The first kappa shape index (κ1) is 21.3. The Balaban J connectivity index is 1.49. The fourth-order valence-corrected chi connectivity index (χ4v) is 5.35. The van der Waals surface area contributed by atoms with Crippen LogP contribution in [0.5, 0.6) is 0 Å². The second kappa shape index (κ2) is 13.2. The molecule has 148 valence electrons. The first-order valence-electron chi connectivity index (χ1n) is 11.9. The van der Waals surface area contributed by atoms with E-state index in [0.29, 0.717) is 6.10 Å². The molecule has 0 aliphatic heterocycles. The van der Waals surface area contributed by atoms with Gasteiger partial charge in [-0.1, -0.05) is 78.1 Å². The van der Waals surface area contributed by atoms with E-state index >= 15 is 0 Å². The zero-order valence-electron chi connectivity index (χ0n) is 17.4. The molecular weight excluding hydrogens is 304 g/mol. The summed E-state index contributed by atoms with van der Waals surface area (Å²) in [5.74, 6) is 3.15. The Hall–Kier alpha value is -0.0400. The lowest BCUT2D eigenvalue weighted by Gasteiger charge is -2.37. The highest BCUT2D eigenvalue weighted by Gasteiger charge is 2.30. The van der Waals surface area contributed by atoms with Gasteiger partial charge in [-0.25, -0.2) is 0 Å². The number of hydrogen-bond acceptors (Lipinski definition) is 1. The lowest BCUT2D eigenvalue weighted by molar-refractivity contribution is 0.00726. The van der Waals surface area contributed by atoms with Crippen LogP contribution in [0.1, 0.15) is 123 Å². The third-order valence-corrected chi connectivity index (χ3v) is 7.05. The average molecular weight is 351 g/mol. The number of hydrogen-bond donors (Lipinski definition) is 0. The molecule has 0 heterocycles. The molecule has 0 atom stereocenters. The lowest BCUT2D eigenvalue weighted by atomic mass is 9.70. The second-order valence-corrected chi connectivity index (χ2v) is 9.10. The summed E-state index contributed by atoms with van der Waals surface area (Å²) in [5, 5.41) is 0. The van der Waals surface area contributed by atoms with E-state index in [0.717, 1.165) is 24.4 Å². The highest BCUT2D eigenvalue weighted by Crippen LogP contribution is 2.41. The van der Waals surface area contributed by atoms with Crippen LogP contribution in [0.3, 0.4) is 0 Å². The van der Waals surface area contributed by atoms with Crippen LogP contribution in [0.4, 0.5) is 0 Å². The predicted molar refractivity (Wildman–Crippen MR) is 110 cm³/mol. The smallest absolute Gasteiger partial charge is 0.0575 e. The molecule has 0 bridgehead atoms. The van der Waals surface area contributed by atoms with Gasteiger partial charge in [0.05, 0.1) is 6.10 Å². The number of unbranched alkanes of at least 4 members (excludes halogenated alkanes) is 6. The molecule has 1 nitrogen and oxygen atoms in total. The predicted octanol–water partition coefficient (Wildman–Crippen LogP) is 7.92. The fraction of sp³-hybridized carbons (Fsp3) is 1.00. The maximum Gasteiger partial charge on any atom is 0.0575 e. The van der Waals surface area contributed by atoms with E-state index in [9.17, 15) is 0 Å². The molecule has 0 saturated heterocycles. The molecule has 2 fully saturated rings. The summed E-state index contributed by atoms with van der Waals surface area (Å²) < 4.78 is 5.97. The first-order chi connectivity index (χ1) is 12.3. The molecule has 1 heteroatoms. The van der Waals surface area contributed by atoms with Gasteiger partial charge in [0.25, 0.3) is 0 Å². The number of rotatable bonds is 12. The molecule has 2 rings (SSSR count). The van der Waals surface area contributed by atoms with Crippen LogP contribution in [0, 0.1) is 17.8 Å². The van der Waals surface area contributed by atoms with E-state index in [1.54, 1.807) is 0 Å². The van der Waals surface area contributed by atoms with Crippen molar-refractivity contribution in [1.29, 1.82) is 0 Å². The summed E-state index contributed by atoms with van der Waals surface area (Å²) in [6.07, 6.45) is 25.2. The molecular formula is C24H46O. The molecule has 0 spiro atoms. The summed E-state index contributed by atoms with van der Waals surface area (Å²) in [6, 6.07) is 0. The first-order valence-corrected chi connectivity index (χ1v) is 11.9. The van der Waals surface area contributed by atoms with Crippen molar-refractivity contribution in [3.8, 4) is 0 Å². The zero-order valence-corrected chi connectivity index (χ0v) is 17.4. The van der Waals surface area contributed by atoms with Gasteiger partial charge in [-0.2, -0.15) is 0 Å². The maximum atomic E-state index is 5.97. The Morgan fingerprint density at radius 3 is 1.76 bits per heavy atom. The Kier molecular flexibility index (Phi) is 11.2. The van der Waals surface area contributed by atoms with Crippen LogP contribution in [-0.4, -0.2) is 12.7 Å². The van der Waals surface area contributed by atoms with Crippen LogP contribution in [0.2, 0.25) is 0 Å². The summed E-state index contributed by atoms with van der Waals surface area (Å²) in [5.41, 5.74) is 0. The number of ether oxygens (including phenoxy) is 1. The standard InChI is InChI=1S/C24H46O/c1-3-5-6-7-8-9-10-11-21-12-14-22(15-13-21)23-16-18-24(19-17-23)25-20-4-2/h21-24H,3-20H2,1-2H3/t21-,22-,23-,24-. The van der Waals surface area contributed by atoms with Gasteiger partial charge in [-0.15, -0.1) is 0 Å². The normalized spacial score (nSPS) is 30.5. The van der Waals surface area contributed by atoms with Crippen molar-refractivity contribution < 1.29 is 4.74 Å². The Morgan fingerprint density at radius 2 is 1.16 bits per heavy atom.